The van der Waals surface area contributed by atoms with Crippen LogP contribution in [0.2, 0.25) is 5.02 Å². The van der Waals surface area contributed by atoms with Crippen LogP contribution in [-0.4, -0.2) is 46.8 Å². The summed E-state index contributed by atoms with van der Waals surface area (Å²) in [6, 6.07) is 0.562. The number of hydrogen-bond acceptors (Lipinski definition) is 6. The van der Waals surface area contributed by atoms with Gasteiger partial charge in [0.05, 0.1) is 45.0 Å². The first-order valence-corrected chi connectivity index (χ1v) is 10.8. The van der Waals surface area contributed by atoms with Crippen LogP contribution in [0.25, 0.3) is 11.0 Å². The SMILES string of the molecule is Cc1nc2c3c(nc(=O)n2I)N2C(C)CN(I)CC2CSc3c1Cl. The smallest absolute Gasteiger partial charge is 0.347 e. The second-order valence-electron chi connectivity index (χ2n) is 6.09. The molecule has 128 valence electrons. The molecular formula is C14H14ClI2N5OS. The third-order valence-electron chi connectivity index (χ3n) is 4.42. The van der Waals surface area contributed by atoms with Gasteiger partial charge in [0.15, 0.2) is 5.65 Å². The van der Waals surface area contributed by atoms with Gasteiger partial charge in [-0.3, -0.25) is 0 Å². The van der Waals surface area contributed by atoms with Crippen molar-refractivity contribution in [1.29, 1.82) is 0 Å². The molecule has 2 atom stereocenters. The van der Waals surface area contributed by atoms with Gasteiger partial charge in [-0.05, 0) is 13.8 Å². The van der Waals surface area contributed by atoms with Crippen molar-refractivity contribution in [3.05, 3.63) is 21.2 Å². The Kier molecular flexibility index (Phi) is 4.68. The Labute approximate surface area is 176 Å². The molecule has 2 aliphatic rings. The molecule has 0 spiro atoms. The predicted octanol–water partition coefficient (Wildman–Crippen LogP) is 3.29. The predicted molar refractivity (Wildman–Crippen MR) is 115 cm³/mol. The van der Waals surface area contributed by atoms with Crippen LogP contribution in [0.5, 0.6) is 0 Å². The third kappa shape index (κ3) is 2.65. The highest BCUT2D eigenvalue weighted by Crippen LogP contribution is 2.44. The summed E-state index contributed by atoms with van der Waals surface area (Å²) >= 11 is 12.7. The van der Waals surface area contributed by atoms with E-state index >= 15 is 0 Å². The molecule has 0 aliphatic carbocycles. The molecule has 4 rings (SSSR count). The maximum atomic E-state index is 12.4. The van der Waals surface area contributed by atoms with Crippen LogP contribution in [0.3, 0.4) is 0 Å². The third-order valence-corrected chi connectivity index (χ3v) is 7.90. The molecule has 0 N–H and O–H groups in total. The summed E-state index contributed by atoms with van der Waals surface area (Å²) in [5, 5.41) is 1.57. The van der Waals surface area contributed by atoms with Crippen LogP contribution in [0.15, 0.2) is 9.69 Å². The van der Waals surface area contributed by atoms with E-state index in [1.807, 2.05) is 29.8 Å². The maximum Gasteiger partial charge on any atom is 0.360 e. The van der Waals surface area contributed by atoms with Crippen molar-refractivity contribution < 1.29 is 0 Å². The Morgan fingerprint density at radius 2 is 2.04 bits per heavy atom. The molecule has 24 heavy (non-hydrogen) atoms. The number of thioether (sulfide) groups is 1. The number of aryl methyl sites for hydroxylation is 1. The summed E-state index contributed by atoms with van der Waals surface area (Å²) < 4.78 is 3.80. The van der Waals surface area contributed by atoms with Crippen molar-refractivity contribution in [2.45, 2.75) is 30.8 Å². The summed E-state index contributed by atoms with van der Waals surface area (Å²) in [6.07, 6.45) is 0. The largest absolute Gasteiger partial charge is 0.360 e. The number of halogens is 3. The molecule has 2 aromatic rings. The molecule has 0 saturated carbocycles. The number of nitrogens with zero attached hydrogens (tertiary/aromatic N) is 5. The first kappa shape index (κ1) is 17.6. The Morgan fingerprint density at radius 1 is 1.29 bits per heavy atom. The Balaban J connectivity index is 2.08. The highest BCUT2D eigenvalue weighted by Gasteiger charge is 2.37. The standard InChI is InChI=1S/C14H14ClI2N5OS/c1-6-3-20(16)4-8-5-24-11-9-12(21(6)8)19-14(23)22(17)13(9)18-7(2)10(11)15/h6,8H,3-5H2,1-2H3. The summed E-state index contributed by atoms with van der Waals surface area (Å²) in [4.78, 5) is 24.7. The van der Waals surface area contributed by atoms with Crippen LogP contribution in [-0.2, 0) is 0 Å². The maximum absolute atomic E-state index is 12.4. The van der Waals surface area contributed by atoms with Gasteiger partial charge < -0.3 is 4.90 Å². The first-order chi connectivity index (χ1) is 11.4. The fraction of sp³-hybridized carbons (Fsp3) is 0.500. The zero-order chi connectivity index (χ0) is 17.2. The molecule has 2 aliphatic heterocycles. The number of anilines is 1. The van der Waals surface area contributed by atoms with Gasteiger partial charge in [0, 0.05) is 52.6 Å². The van der Waals surface area contributed by atoms with Gasteiger partial charge in [-0.15, -0.1) is 11.8 Å². The molecule has 2 unspecified atom stereocenters. The minimum Gasteiger partial charge on any atom is -0.347 e. The average molecular weight is 590 g/mol. The summed E-state index contributed by atoms with van der Waals surface area (Å²) in [7, 11) is 0. The summed E-state index contributed by atoms with van der Waals surface area (Å²) in [6.45, 7) is 5.93. The lowest BCUT2D eigenvalue weighted by Crippen LogP contribution is -2.56. The Hall–Kier alpha value is 0.150. The number of rotatable bonds is 0. The molecule has 0 aromatic carbocycles. The van der Waals surface area contributed by atoms with Gasteiger partial charge in [0.2, 0.25) is 0 Å². The lowest BCUT2D eigenvalue weighted by atomic mass is 10.1. The number of pyridine rings is 1. The molecule has 0 bridgehead atoms. The van der Waals surface area contributed by atoms with Gasteiger partial charge in [-0.2, -0.15) is 4.98 Å². The number of hydrogen-bond donors (Lipinski definition) is 0. The summed E-state index contributed by atoms with van der Waals surface area (Å²) in [5.41, 5.74) is 1.12. The first-order valence-electron chi connectivity index (χ1n) is 7.49. The highest BCUT2D eigenvalue weighted by atomic mass is 127. The van der Waals surface area contributed by atoms with Crippen LogP contribution in [0, 0.1) is 6.92 Å². The number of piperazine rings is 1. The van der Waals surface area contributed by atoms with E-state index in [4.69, 9.17) is 11.6 Å². The Bertz CT molecular complexity index is 907. The van der Waals surface area contributed by atoms with Crippen molar-refractivity contribution in [2.75, 3.05) is 23.7 Å². The van der Waals surface area contributed by atoms with Crippen molar-refractivity contribution in [2.24, 2.45) is 0 Å². The zero-order valence-corrected chi connectivity index (χ0v) is 18.8. The van der Waals surface area contributed by atoms with Crippen LogP contribution < -0.4 is 10.6 Å². The molecule has 0 amide bonds. The second-order valence-corrected chi connectivity index (χ2v) is 9.82. The Morgan fingerprint density at radius 3 is 2.79 bits per heavy atom. The van der Waals surface area contributed by atoms with E-state index < -0.39 is 0 Å². The minimum atomic E-state index is -0.284. The zero-order valence-electron chi connectivity index (χ0n) is 13.0. The van der Waals surface area contributed by atoms with Gasteiger partial charge in [0.1, 0.15) is 5.82 Å². The molecule has 2 aromatic heterocycles. The van der Waals surface area contributed by atoms with Crippen molar-refractivity contribution in [1.82, 2.24) is 15.9 Å². The lowest BCUT2D eigenvalue weighted by molar-refractivity contribution is 0.348. The van der Waals surface area contributed by atoms with Crippen LogP contribution >= 0.6 is 69.1 Å². The molecule has 6 nitrogen and oxygen atoms in total. The van der Waals surface area contributed by atoms with E-state index in [-0.39, 0.29) is 11.7 Å². The fourth-order valence-electron chi connectivity index (χ4n) is 3.41. The molecule has 10 heteroatoms. The van der Waals surface area contributed by atoms with E-state index in [0.717, 1.165) is 40.6 Å². The van der Waals surface area contributed by atoms with Gasteiger partial charge in [-0.1, -0.05) is 11.6 Å². The van der Waals surface area contributed by atoms with Crippen molar-refractivity contribution >= 4 is 85.9 Å². The fourth-order valence-corrected chi connectivity index (χ4v) is 6.41. The molecular weight excluding hydrogens is 576 g/mol. The topological polar surface area (TPSA) is 54.3 Å². The highest BCUT2D eigenvalue weighted by molar-refractivity contribution is 14.1. The van der Waals surface area contributed by atoms with Gasteiger partial charge in [0.25, 0.3) is 0 Å². The average Bonchev–Trinajstić information content (AvgIpc) is 2.67. The van der Waals surface area contributed by atoms with Crippen LogP contribution in [0.1, 0.15) is 12.6 Å². The summed E-state index contributed by atoms with van der Waals surface area (Å²) in [5.74, 6) is 1.65. The molecule has 1 saturated heterocycles. The second kappa shape index (κ2) is 6.39. The van der Waals surface area contributed by atoms with Gasteiger partial charge >= 0.3 is 5.69 Å². The van der Waals surface area contributed by atoms with E-state index in [1.54, 1.807) is 11.8 Å². The van der Waals surface area contributed by atoms with Crippen LogP contribution in [0.4, 0.5) is 5.82 Å². The van der Waals surface area contributed by atoms with E-state index in [1.165, 1.54) is 2.78 Å². The minimum absolute atomic E-state index is 0.271. The lowest BCUT2D eigenvalue weighted by Gasteiger charge is -2.43. The monoisotopic (exact) mass is 589 g/mol. The molecule has 1 fully saturated rings. The van der Waals surface area contributed by atoms with E-state index in [2.05, 4.69) is 47.8 Å². The molecule has 4 heterocycles. The van der Waals surface area contributed by atoms with Crippen molar-refractivity contribution in [3.8, 4) is 0 Å². The van der Waals surface area contributed by atoms with Crippen molar-refractivity contribution in [3.63, 3.8) is 0 Å². The van der Waals surface area contributed by atoms with Gasteiger partial charge in [-0.25, -0.2) is 15.7 Å². The normalized spacial score (nSPS) is 24.1. The van der Waals surface area contributed by atoms with E-state index in [0.29, 0.717) is 16.7 Å². The quantitative estimate of drug-likeness (QED) is 0.348. The van der Waals surface area contributed by atoms with E-state index in [9.17, 15) is 4.79 Å². The molecule has 0 radical (unpaired) electrons. The number of fused-ring (bicyclic) bond motifs is 2. The number of aromatic nitrogens is 3.